The lowest BCUT2D eigenvalue weighted by atomic mass is 10.1. The third kappa shape index (κ3) is 6.27. The van der Waals surface area contributed by atoms with Gasteiger partial charge in [0.2, 0.25) is 5.95 Å². The molecule has 0 saturated heterocycles. The van der Waals surface area contributed by atoms with Gasteiger partial charge in [-0.1, -0.05) is 17.7 Å². The summed E-state index contributed by atoms with van der Waals surface area (Å²) in [5.74, 6) is -0.168. The van der Waals surface area contributed by atoms with E-state index in [9.17, 15) is 9.18 Å². The third-order valence-electron chi connectivity index (χ3n) is 4.92. The summed E-state index contributed by atoms with van der Waals surface area (Å²) in [7, 11) is 0. The van der Waals surface area contributed by atoms with Crippen molar-refractivity contribution >= 4 is 35.0 Å². The van der Waals surface area contributed by atoms with Crippen molar-refractivity contribution in [2.24, 2.45) is 0 Å². The normalized spacial score (nSPS) is 10.6. The van der Waals surface area contributed by atoms with Gasteiger partial charge < -0.3 is 15.4 Å². The summed E-state index contributed by atoms with van der Waals surface area (Å²) in [4.78, 5) is 29.7. The summed E-state index contributed by atoms with van der Waals surface area (Å²) in [5.41, 5.74) is 3.09. The Morgan fingerprint density at radius 3 is 2.77 bits per heavy atom. The zero-order valence-corrected chi connectivity index (χ0v) is 19.6. The number of carbonyl (C=O) groups excluding carboxylic acids is 1. The quantitative estimate of drug-likeness (QED) is 0.303. The summed E-state index contributed by atoms with van der Waals surface area (Å²) in [6, 6.07) is 11.7. The number of carbonyl (C=O) groups is 1. The van der Waals surface area contributed by atoms with Gasteiger partial charge in [-0.25, -0.2) is 14.2 Å². The largest absolute Gasteiger partial charge is 0.462 e. The first kappa shape index (κ1) is 24.0. The second-order valence-electron chi connectivity index (χ2n) is 7.39. The van der Waals surface area contributed by atoms with Crippen LogP contribution in [0.1, 0.15) is 23.0 Å². The highest BCUT2D eigenvalue weighted by molar-refractivity contribution is 6.31. The molecule has 0 saturated carbocycles. The van der Waals surface area contributed by atoms with Crippen molar-refractivity contribution in [3.05, 3.63) is 89.3 Å². The number of aromatic nitrogens is 4. The van der Waals surface area contributed by atoms with Crippen LogP contribution in [0.4, 0.5) is 21.8 Å². The fraction of sp³-hybridized carbons (Fsp3) is 0.160. The van der Waals surface area contributed by atoms with E-state index in [1.807, 2.05) is 18.2 Å². The number of nitrogens with zero attached hydrogens (tertiary/aromatic N) is 4. The van der Waals surface area contributed by atoms with Crippen LogP contribution in [-0.4, -0.2) is 39.1 Å². The number of benzene rings is 1. The monoisotopic (exact) mass is 492 g/mol. The Bertz CT molecular complexity index is 1320. The first-order chi connectivity index (χ1) is 17.0. The summed E-state index contributed by atoms with van der Waals surface area (Å²) < 4.78 is 18.6. The zero-order valence-electron chi connectivity index (χ0n) is 18.8. The molecule has 1 aromatic carbocycles. The van der Waals surface area contributed by atoms with Gasteiger partial charge in [-0.15, -0.1) is 0 Å². The molecule has 178 valence electrons. The maximum Gasteiger partial charge on any atom is 0.339 e. The summed E-state index contributed by atoms with van der Waals surface area (Å²) in [6.45, 7) is 2.56. The van der Waals surface area contributed by atoms with Gasteiger partial charge in [0.1, 0.15) is 11.6 Å². The molecule has 4 aromatic rings. The number of nitrogens with one attached hydrogen (secondary N) is 2. The standard InChI is InChI=1S/C25H22ClFN6O2/c1-2-35-24(34)17-11-16(13-28-14-17)20-15-31-25(32-19-6-7-22(27)21(26)12-19)33-23(20)30-10-8-18-5-3-4-9-29-18/h3-7,9,11-15H,2,8,10H2,1H3,(H2,30,31,32,33). The average Bonchev–Trinajstić information content (AvgIpc) is 2.87. The van der Waals surface area contributed by atoms with Crippen molar-refractivity contribution in [1.29, 1.82) is 0 Å². The maximum atomic E-state index is 13.5. The van der Waals surface area contributed by atoms with Crippen molar-refractivity contribution in [2.45, 2.75) is 13.3 Å². The molecule has 0 unspecified atom stereocenters. The van der Waals surface area contributed by atoms with Crippen LogP contribution < -0.4 is 10.6 Å². The molecule has 0 aliphatic carbocycles. The van der Waals surface area contributed by atoms with Crippen molar-refractivity contribution in [2.75, 3.05) is 23.8 Å². The van der Waals surface area contributed by atoms with Gasteiger partial charge in [-0.2, -0.15) is 4.98 Å². The maximum absolute atomic E-state index is 13.5. The molecule has 0 aliphatic rings. The molecule has 35 heavy (non-hydrogen) atoms. The third-order valence-corrected chi connectivity index (χ3v) is 5.21. The SMILES string of the molecule is CCOC(=O)c1cncc(-c2cnc(Nc3ccc(F)c(Cl)c3)nc2NCCc2ccccn2)c1. The van der Waals surface area contributed by atoms with E-state index in [4.69, 9.17) is 16.3 Å². The molecular formula is C25H22ClFN6O2. The Balaban J connectivity index is 1.63. The minimum absolute atomic E-state index is 0.0119. The number of rotatable bonds is 9. The zero-order chi connectivity index (χ0) is 24.6. The van der Waals surface area contributed by atoms with E-state index < -0.39 is 11.8 Å². The Labute approximate surface area is 206 Å². The van der Waals surface area contributed by atoms with E-state index in [0.717, 1.165) is 5.69 Å². The molecule has 2 N–H and O–H groups in total. The summed E-state index contributed by atoms with van der Waals surface area (Å²) in [5, 5.41) is 6.34. The van der Waals surface area contributed by atoms with Crippen LogP contribution in [0.2, 0.25) is 5.02 Å². The molecule has 0 amide bonds. The van der Waals surface area contributed by atoms with Crippen LogP contribution in [0, 0.1) is 5.82 Å². The van der Waals surface area contributed by atoms with Gasteiger partial charge >= 0.3 is 5.97 Å². The highest BCUT2D eigenvalue weighted by Gasteiger charge is 2.14. The Morgan fingerprint density at radius 2 is 2.00 bits per heavy atom. The van der Waals surface area contributed by atoms with Crippen LogP contribution in [0.15, 0.2) is 67.3 Å². The first-order valence-corrected chi connectivity index (χ1v) is 11.3. The molecule has 0 atom stereocenters. The number of pyridine rings is 2. The van der Waals surface area contributed by atoms with Gasteiger partial charge in [0.25, 0.3) is 0 Å². The fourth-order valence-corrected chi connectivity index (χ4v) is 3.44. The van der Waals surface area contributed by atoms with E-state index in [0.29, 0.717) is 41.2 Å². The lowest BCUT2D eigenvalue weighted by molar-refractivity contribution is 0.0526. The van der Waals surface area contributed by atoms with E-state index >= 15 is 0 Å². The van der Waals surface area contributed by atoms with Crippen LogP contribution >= 0.6 is 11.6 Å². The lowest BCUT2D eigenvalue weighted by Crippen LogP contribution is -2.10. The molecule has 0 bridgehead atoms. The second kappa shape index (κ2) is 11.3. The van der Waals surface area contributed by atoms with Crippen molar-refractivity contribution in [1.82, 2.24) is 19.9 Å². The number of esters is 1. The van der Waals surface area contributed by atoms with Crippen molar-refractivity contribution in [3.8, 4) is 11.1 Å². The number of hydrogen-bond donors (Lipinski definition) is 2. The topological polar surface area (TPSA) is 102 Å². The van der Waals surface area contributed by atoms with Crippen LogP contribution in [0.5, 0.6) is 0 Å². The summed E-state index contributed by atoms with van der Waals surface area (Å²) >= 11 is 5.89. The molecule has 0 radical (unpaired) electrons. The smallest absolute Gasteiger partial charge is 0.339 e. The van der Waals surface area contributed by atoms with Gasteiger partial charge in [0, 0.05) is 60.3 Å². The van der Waals surface area contributed by atoms with Gasteiger partial charge in [0.05, 0.1) is 17.2 Å². The van der Waals surface area contributed by atoms with E-state index in [1.54, 1.807) is 37.6 Å². The molecule has 3 heterocycles. The van der Waals surface area contributed by atoms with Crippen LogP contribution in [0.25, 0.3) is 11.1 Å². The average molecular weight is 493 g/mol. The molecule has 0 spiro atoms. The van der Waals surface area contributed by atoms with E-state index in [2.05, 4.69) is 30.6 Å². The molecule has 4 rings (SSSR count). The minimum Gasteiger partial charge on any atom is -0.462 e. The van der Waals surface area contributed by atoms with Crippen LogP contribution in [0.3, 0.4) is 0 Å². The highest BCUT2D eigenvalue weighted by atomic mass is 35.5. The summed E-state index contributed by atoms with van der Waals surface area (Å²) in [6.07, 6.45) is 7.11. The first-order valence-electron chi connectivity index (χ1n) is 10.9. The van der Waals surface area contributed by atoms with Crippen molar-refractivity contribution in [3.63, 3.8) is 0 Å². The minimum atomic E-state index is -0.514. The Morgan fingerprint density at radius 1 is 1.11 bits per heavy atom. The molecule has 3 aromatic heterocycles. The van der Waals surface area contributed by atoms with E-state index in [-0.39, 0.29) is 17.6 Å². The second-order valence-corrected chi connectivity index (χ2v) is 7.80. The van der Waals surface area contributed by atoms with Gasteiger partial charge in [0.15, 0.2) is 0 Å². The molecule has 0 fully saturated rings. The molecule has 8 nitrogen and oxygen atoms in total. The molecule has 0 aliphatic heterocycles. The van der Waals surface area contributed by atoms with Gasteiger partial charge in [-0.05, 0) is 43.3 Å². The predicted octanol–water partition coefficient (Wildman–Crippen LogP) is 5.30. The van der Waals surface area contributed by atoms with E-state index in [1.165, 1.54) is 18.3 Å². The number of ether oxygens (including phenoxy) is 1. The number of hydrogen-bond acceptors (Lipinski definition) is 8. The Hall–Kier alpha value is -4.11. The molecule has 10 heteroatoms. The predicted molar refractivity (Wildman–Crippen MR) is 132 cm³/mol. The van der Waals surface area contributed by atoms with Crippen LogP contribution in [-0.2, 0) is 11.2 Å². The van der Waals surface area contributed by atoms with Gasteiger partial charge in [-0.3, -0.25) is 9.97 Å². The lowest BCUT2D eigenvalue weighted by Gasteiger charge is -2.14. The number of halogens is 2. The highest BCUT2D eigenvalue weighted by Crippen LogP contribution is 2.28. The van der Waals surface area contributed by atoms with Crippen molar-refractivity contribution < 1.29 is 13.9 Å². The Kier molecular flexibility index (Phi) is 7.79. The number of anilines is 3. The molecular weight excluding hydrogens is 471 g/mol. The fourth-order valence-electron chi connectivity index (χ4n) is 3.26.